The van der Waals surface area contributed by atoms with Crippen LogP contribution < -0.4 is 0 Å². The maximum atomic E-state index is 11.5. The predicted molar refractivity (Wildman–Crippen MR) is 64.7 cm³/mol. The molecular formula is C13H15NO3. The number of amides is 1. The molecule has 0 spiro atoms. The highest BCUT2D eigenvalue weighted by Crippen LogP contribution is 2.07. The van der Waals surface area contributed by atoms with Gasteiger partial charge in [-0.25, -0.2) is 4.79 Å². The number of aromatic carboxylic acids is 1. The van der Waals surface area contributed by atoms with Crippen LogP contribution in [0.15, 0.2) is 36.9 Å². The van der Waals surface area contributed by atoms with E-state index in [0.717, 1.165) is 5.56 Å². The van der Waals surface area contributed by atoms with E-state index in [1.54, 1.807) is 30.2 Å². The standard InChI is InChI=1S/C13H15NO3/c1-3-4-12(15)14(2)9-10-5-7-11(8-6-10)13(16)17/h3,5-8H,1,4,9H2,2H3,(H,16,17). The van der Waals surface area contributed by atoms with Crippen molar-refractivity contribution >= 4 is 11.9 Å². The lowest BCUT2D eigenvalue weighted by molar-refractivity contribution is -0.129. The van der Waals surface area contributed by atoms with Crippen molar-refractivity contribution in [1.29, 1.82) is 0 Å². The summed E-state index contributed by atoms with van der Waals surface area (Å²) < 4.78 is 0. The van der Waals surface area contributed by atoms with Gasteiger partial charge in [-0.3, -0.25) is 4.79 Å². The lowest BCUT2D eigenvalue weighted by Crippen LogP contribution is -2.25. The Bertz CT molecular complexity index is 423. The van der Waals surface area contributed by atoms with Crippen molar-refractivity contribution in [2.24, 2.45) is 0 Å². The highest BCUT2D eigenvalue weighted by Gasteiger charge is 2.08. The maximum Gasteiger partial charge on any atom is 0.335 e. The monoisotopic (exact) mass is 233 g/mol. The van der Waals surface area contributed by atoms with Gasteiger partial charge in [0.05, 0.1) is 5.56 Å². The fourth-order valence-corrected chi connectivity index (χ4v) is 1.39. The molecule has 0 aliphatic carbocycles. The summed E-state index contributed by atoms with van der Waals surface area (Å²) in [6.07, 6.45) is 1.87. The van der Waals surface area contributed by atoms with Gasteiger partial charge in [0.1, 0.15) is 0 Å². The van der Waals surface area contributed by atoms with E-state index in [1.807, 2.05) is 0 Å². The highest BCUT2D eigenvalue weighted by atomic mass is 16.4. The smallest absolute Gasteiger partial charge is 0.335 e. The molecule has 1 aromatic rings. The van der Waals surface area contributed by atoms with E-state index < -0.39 is 5.97 Å². The van der Waals surface area contributed by atoms with Crippen LogP contribution in [-0.2, 0) is 11.3 Å². The Kier molecular flexibility index (Phi) is 4.46. The molecule has 0 unspecified atom stereocenters. The average Bonchev–Trinajstić information content (AvgIpc) is 2.30. The van der Waals surface area contributed by atoms with Gasteiger partial charge in [0.2, 0.25) is 5.91 Å². The van der Waals surface area contributed by atoms with Crippen LogP contribution in [0.5, 0.6) is 0 Å². The summed E-state index contributed by atoms with van der Waals surface area (Å²) in [6, 6.07) is 6.48. The van der Waals surface area contributed by atoms with Crippen molar-refractivity contribution in [2.75, 3.05) is 7.05 Å². The molecule has 0 aliphatic rings. The van der Waals surface area contributed by atoms with Gasteiger partial charge in [-0.2, -0.15) is 0 Å². The van der Waals surface area contributed by atoms with Crippen molar-refractivity contribution in [3.63, 3.8) is 0 Å². The molecule has 1 amide bonds. The minimum Gasteiger partial charge on any atom is -0.478 e. The summed E-state index contributed by atoms with van der Waals surface area (Å²) in [6.45, 7) is 3.97. The second-order valence-corrected chi connectivity index (χ2v) is 3.74. The largest absolute Gasteiger partial charge is 0.478 e. The first-order chi connectivity index (χ1) is 8.04. The molecule has 0 saturated carbocycles. The topological polar surface area (TPSA) is 57.6 Å². The number of hydrogen-bond acceptors (Lipinski definition) is 2. The van der Waals surface area contributed by atoms with Crippen LogP contribution >= 0.6 is 0 Å². The Hall–Kier alpha value is -2.10. The molecule has 0 aliphatic heterocycles. The highest BCUT2D eigenvalue weighted by molar-refractivity contribution is 5.87. The SMILES string of the molecule is C=CCC(=O)N(C)Cc1ccc(C(=O)O)cc1. The molecule has 4 heteroatoms. The van der Waals surface area contributed by atoms with Gasteiger partial charge >= 0.3 is 5.97 Å². The van der Waals surface area contributed by atoms with Crippen LogP contribution in [-0.4, -0.2) is 28.9 Å². The van der Waals surface area contributed by atoms with E-state index in [-0.39, 0.29) is 11.5 Å². The number of carboxylic acid groups (broad SMARTS) is 1. The Morgan fingerprint density at radius 2 is 1.94 bits per heavy atom. The van der Waals surface area contributed by atoms with E-state index in [9.17, 15) is 9.59 Å². The Morgan fingerprint density at radius 1 is 1.35 bits per heavy atom. The molecule has 0 atom stereocenters. The van der Waals surface area contributed by atoms with Crippen molar-refractivity contribution in [2.45, 2.75) is 13.0 Å². The van der Waals surface area contributed by atoms with Crippen molar-refractivity contribution in [1.82, 2.24) is 4.90 Å². The Balaban J connectivity index is 2.66. The molecule has 0 saturated heterocycles. The third-order valence-corrected chi connectivity index (χ3v) is 2.37. The van der Waals surface area contributed by atoms with Crippen LogP contribution in [0.3, 0.4) is 0 Å². The normalized spacial score (nSPS) is 9.71. The van der Waals surface area contributed by atoms with Crippen LogP contribution in [0, 0.1) is 0 Å². The second-order valence-electron chi connectivity index (χ2n) is 3.74. The lowest BCUT2D eigenvalue weighted by atomic mass is 10.1. The number of rotatable bonds is 5. The summed E-state index contributed by atoms with van der Waals surface area (Å²) >= 11 is 0. The van der Waals surface area contributed by atoms with Gasteiger partial charge in [0.25, 0.3) is 0 Å². The quantitative estimate of drug-likeness (QED) is 0.790. The van der Waals surface area contributed by atoms with E-state index in [0.29, 0.717) is 13.0 Å². The van der Waals surface area contributed by atoms with E-state index in [4.69, 9.17) is 5.11 Å². The first-order valence-electron chi connectivity index (χ1n) is 5.21. The van der Waals surface area contributed by atoms with Crippen LogP contribution in [0.4, 0.5) is 0 Å². The molecule has 1 aromatic carbocycles. The number of benzene rings is 1. The number of carbonyl (C=O) groups is 2. The fourth-order valence-electron chi connectivity index (χ4n) is 1.39. The van der Waals surface area contributed by atoms with Gasteiger partial charge < -0.3 is 10.0 Å². The van der Waals surface area contributed by atoms with Crippen molar-refractivity contribution < 1.29 is 14.7 Å². The number of carboxylic acids is 1. The van der Waals surface area contributed by atoms with Gasteiger partial charge in [-0.15, -0.1) is 6.58 Å². The molecule has 90 valence electrons. The lowest BCUT2D eigenvalue weighted by Gasteiger charge is -2.16. The van der Waals surface area contributed by atoms with Crippen LogP contribution in [0.1, 0.15) is 22.3 Å². The first kappa shape index (κ1) is 13.0. The fraction of sp³-hybridized carbons (Fsp3) is 0.231. The molecular weight excluding hydrogens is 218 g/mol. The minimum atomic E-state index is -0.951. The van der Waals surface area contributed by atoms with Crippen molar-refractivity contribution in [3.8, 4) is 0 Å². The average molecular weight is 233 g/mol. The number of nitrogens with zero attached hydrogens (tertiary/aromatic N) is 1. The minimum absolute atomic E-state index is 0.0117. The Labute approximate surface area is 100 Å². The molecule has 1 rings (SSSR count). The van der Waals surface area contributed by atoms with Gasteiger partial charge in [-0.05, 0) is 17.7 Å². The molecule has 0 radical (unpaired) electrons. The van der Waals surface area contributed by atoms with Gasteiger partial charge in [0, 0.05) is 20.0 Å². The molecule has 17 heavy (non-hydrogen) atoms. The summed E-state index contributed by atoms with van der Waals surface area (Å²) in [5, 5.41) is 8.74. The predicted octanol–water partition coefficient (Wildman–Crippen LogP) is 1.92. The van der Waals surface area contributed by atoms with Gasteiger partial charge in [0.15, 0.2) is 0 Å². The molecule has 4 nitrogen and oxygen atoms in total. The second kappa shape index (κ2) is 5.84. The number of hydrogen-bond donors (Lipinski definition) is 1. The van der Waals surface area contributed by atoms with E-state index in [2.05, 4.69) is 6.58 Å². The third kappa shape index (κ3) is 3.75. The third-order valence-electron chi connectivity index (χ3n) is 2.37. The van der Waals surface area contributed by atoms with Gasteiger partial charge in [-0.1, -0.05) is 18.2 Å². The van der Waals surface area contributed by atoms with Crippen LogP contribution in [0.2, 0.25) is 0 Å². The van der Waals surface area contributed by atoms with E-state index in [1.165, 1.54) is 12.1 Å². The zero-order chi connectivity index (χ0) is 12.8. The number of carbonyl (C=O) groups excluding carboxylic acids is 1. The summed E-state index contributed by atoms with van der Waals surface area (Å²) in [4.78, 5) is 23.7. The summed E-state index contributed by atoms with van der Waals surface area (Å²) in [5.41, 5.74) is 1.14. The zero-order valence-electron chi connectivity index (χ0n) is 9.72. The molecule has 0 fully saturated rings. The molecule has 0 aromatic heterocycles. The van der Waals surface area contributed by atoms with Crippen LogP contribution in [0.25, 0.3) is 0 Å². The zero-order valence-corrected chi connectivity index (χ0v) is 9.72. The molecule has 0 heterocycles. The summed E-state index contributed by atoms with van der Waals surface area (Å²) in [7, 11) is 1.71. The summed E-state index contributed by atoms with van der Waals surface area (Å²) in [5.74, 6) is -0.963. The van der Waals surface area contributed by atoms with Crippen molar-refractivity contribution in [3.05, 3.63) is 48.0 Å². The molecule has 1 N–H and O–H groups in total. The molecule has 0 bridgehead atoms. The first-order valence-corrected chi connectivity index (χ1v) is 5.21. The Morgan fingerprint density at radius 3 is 2.41 bits per heavy atom. The van der Waals surface area contributed by atoms with E-state index >= 15 is 0 Å². The maximum absolute atomic E-state index is 11.5.